The molecule has 0 aromatic rings. The number of rotatable bonds is 5. The summed E-state index contributed by atoms with van der Waals surface area (Å²) in [5, 5.41) is 6.53. The molecule has 3 heteroatoms. The van der Waals surface area contributed by atoms with Gasteiger partial charge in [0.2, 0.25) is 5.91 Å². The van der Waals surface area contributed by atoms with E-state index in [1.54, 1.807) is 0 Å². The molecule has 0 aliphatic heterocycles. The van der Waals surface area contributed by atoms with E-state index in [1.165, 1.54) is 19.3 Å². The molecule has 0 bridgehead atoms. The molecule has 1 aliphatic carbocycles. The van der Waals surface area contributed by atoms with E-state index in [1.807, 2.05) is 13.8 Å². The molecule has 3 unspecified atom stereocenters. The summed E-state index contributed by atoms with van der Waals surface area (Å²) >= 11 is 0. The van der Waals surface area contributed by atoms with Crippen molar-refractivity contribution in [2.24, 2.45) is 17.8 Å². The third-order valence-corrected chi connectivity index (χ3v) is 4.06. The van der Waals surface area contributed by atoms with Crippen LogP contribution in [0, 0.1) is 17.8 Å². The lowest BCUT2D eigenvalue weighted by atomic mass is 9.78. The van der Waals surface area contributed by atoms with Crippen LogP contribution in [0.4, 0.5) is 0 Å². The standard InChI is InChI=1S/C14H28N2O/c1-10(2)14(17)16-9-8-15-13-7-5-6-11(3)12(13)4/h10-13,15H,5-9H2,1-4H3,(H,16,17). The molecule has 1 saturated carbocycles. The first-order valence-electron chi connectivity index (χ1n) is 7.03. The van der Waals surface area contributed by atoms with Crippen LogP contribution in [0.5, 0.6) is 0 Å². The molecule has 1 fully saturated rings. The molecule has 100 valence electrons. The van der Waals surface area contributed by atoms with Gasteiger partial charge in [-0.05, 0) is 18.3 Å². The van der Waals surface area contributed by atoms with Crippen molar-refractivity contribution in [1.82, 2.24) is 10.6 Å². The maximum Gasteiger partial charge on any atom is 0.222 e. The van der Waals surface area contributed by atoms with Gasteiger partial charge < -0.3 is 10.6 Å². The van der Waals surface area contributed by atoms with Crippen molar-refractivity contribution in [3.63, 3.8) is 0 Å². The molecule has 0 saturated heterocycles. The summed E-state index contributed by atoms with van der Waals surface area (Å²) in [5.41, 5.74) is 0. The Morgan fingerprint density at radius 2 is 1.94 bits per heavy atom. The molecular weight excluding hydrogens is 212 g/mol. The molecule has 3 nitrogen and oxygen atoms in total. The monoisotopic (exact) mass is 240 g/mol. The first-order valence-corrected chi connectivity index (χ1v) is 7.03. The average Bonchev–Trinajstić information content (AvgIpc) is 2.29. The van der Waals surface area contributed by atoms with Crippen LogP contribution >= 0.6 is 0 Å². The maximum atomic E-state index is 11.4. The summed E-state index contributed by atoms with van der Waals surface area (Å²) in [7, 11) is 0. The smallest absolute Gasteiger partial charge is 0.222 e. The normalized spacial score (nSPS) is 29.4. The molecule has 2 N–H and O–H groups in total. The quantitative estimate of drug-likeness (QED) is 0.723. The van der Waals surface area contributed by atoms with E-state index in [0.29, 0.717) is 6.04 Å². The van der Waals surface area contributed by atoms with E-state index in [2.05, 4.69) is 24.5 Å². The van der Waals surface area contributed by atoms with Crippen molar-refractivity contribution < 1.29 is 4.79 Å². The second-order valence-corrected chi connectivity index (χ2v) is 5.77. The van der Waals surface area contributed by atoms with E-state index < -0.39 is 0 Å². The summed E-state index contributed by atoms with van der Waals surface area (Å²) < 4.78 is 0. The summed E-state index contributed by atoms with van der Waals surface area (Å²) in [6.07, 6.45) is 3.98. The first-order chi connectivity index (χ1) is 8.02. The molecule has 0 aromatic carbocycles. The zero-order valence-corrected chi connectivity index (χ0v) is 11.8. The Morgan fingerprint density at radius 3 is 2.59 bits per heavy atom. The van der Waals surface area contributed by atoms with Gasteiger partial charge in [0.05, 0.1) is 0 Å². The molecular formula is C14H28N2O. The summed E-state index contributed by atoms with van der Waals surface area (Å²) in [6, 6.07) is 0.634. The Labute approximate surface area is 106 Å². The van der Waals surface area contributed by atoms with Gasteiger partial charge in [0.15, 0.2) is 0 Å². The fourth-order valence-electron chi connectivity index (χ4n) is 2.52. The van der Waals surface area contributed by atoms with Gasteiger partial charge in [0.1, 0.15) is 0 Å². The number of nitrogens with one attached hydrogen (secondary N) is 2. The topological polar surface area (TPSA) is 41.1 Å². The molecule has 1 rings (SSSR count). The lowest BCUT2D eigenvalue weighted by Gasteiger charge is -2.34. The number of carbonyl (C=O) groups is 1. The third kappa shape index (κ3) is 4.66. The molecule has 17 heavy (non-hydrogen) atoms. The minimum atomic E-state index is 0.0867. The van der Waals surface area contributed by atoms with Crippen LogP contribution in [0.25, 0.3) is 0 Å². The lowest BCUT2D eigenvalue weighted by molar-refractivity contribution is -0.123. The highest BCUT2D eigenvalue weighted by molar-refractivity contribution is 5.77. The lowest BCUT2D eigenvalue weighted by Crippen LogP contribution is -2.44. The highest BCUT2D eigenvalue weighted by Crippen LogP contribution is 2.29. The van der Waals surface area contributed by atoms with Gasteiger partial charge in [-0.1, -0.05) is 40.5 Å². The maximum absolute atomic E-state index is 11.4. The van der Waals surface area contributed by atoms with Crippen LogP contribution in [0.1, 0.15) is 47.0 Å². The average molecular weight is 240 g/mol. The van der Waals surface area contributed by atoms with Crippen molar-refractivity contribution in [3.8, 4) is 0 Å². The van der Waals surface area contributed by atoms with Gasteiger partial charge >= 0.3 is 0 Å². The Bertz CT molecular complexity index is 240. The van der Waals surface area contributed by atoms with Crippen LogP contribution < -0.4 is 10.6 Å². The van der Waals surface area contributed by atoms with Crippen LogP contribution in [0.15, 0.2) is 0 Å². The number of hydrogen-bond acceptors (Lipinski definition) is 2. The zero-order chi connectivity index (χ0) is 12.8. The summed E-state index contributed by atoms with van der Waals surface area (Å²) in [4.78, 5) is 11.4. The molecule has 0 spiro atoms. The van der Waals surface area contributed by atoms with Crippen LogP contribution in [-0.2, 0) is 4.79 Å². The predicted octanol–water partition coefficient (Wildman–Crippen LogP) is 2.17. The molecule has 1 aliphatic rings. The SMILES string of the molecule is CC(C)C(=O)NCCNC1CCCC(C)C1C. The number of amides is 1. The molecule has 0 radical (unpaired) electrons. The molecule has 1 amide bonds. The van der Waals surface area contributed by atoms with Gasteiger partial charge in [-0.15, -0.1) is 0 Å². The Kier molecular flexibility index (Phi) is 5.96. The van der Waals surface area contributed by atoms with Gasteiger partial charge in [0.25, 0.3) is 0 Å². The molecule has 0 heterocycles. The summed E-state index contributed by atoms with van der Waals surface area (Å²) in [6.45, 7) is 10.2. The van der Waals surface area contributed by atoms with E-state index >= 15 is 0 Å². The van der Waals surface area contributed by atoms with Crippen LogP contribution in [0.3, 0.4) is 0 Å². The number of hydrogen-bond donors (Lipinski definition) is 2. The second kappa shape index (κ2) is 7.00. The molecule has 0 aromatic heterocycles. The largest absolute Gasteiger partial charge is 0.355 e. The van der Waals surface area contributed by atoms with E-state index in [0.717, 1.165) is 24.9 Å². The third-order valence-electron chi connectivity index (χ3n) is 4.06. The highest BCUT2D eigenvalue weighted by atomic mass is 16.1. The van der Waals surface area contributed by atoms with Crippen molar-refractivity contribution in [3.05, 3.63) is 0 Å². The minimum Gasteiger partial charge on any atom is -0.355 e. The second-order valence-electron chi connectivity index (χ2n) is 5.77. The van der Waals surface area contributed by atoms with E-state index in [-0.39, 0.29) is 11.8 Å². The highest BCUT2D eigenvalue weighted by Gasteiger charge is 2.26. The number of carbonyl (C=O) groups excluding carboxylic acids is 1. The van der Waals surface area contributed by atoms with Gasteiger partial charge in [-0.2, -0.15) is 0 Å². The van der Waals surface area contributed by atoms with Gasteiger partial charge in [0, 0.05) is 25.0 Å². The van der Waals surface area contributed by atoms with Crippen LogP contribution in [-0.4, -0.2) is 25.0 Å². The van der Waals surface area contributed by atoms with Crippen molar-refractivity contribution >= 4 is 5.91 Å². The Balaban J connectivity index is 2.16. The van der Waals surface area contributed by atoms with Crippen molar-refractivity contribution in [2.45, 2.75) is 53.0 Å². The van der Waals surface area contributed by atoms with Gasteiger partial charge in [-0.25, -0.2) is 0 Å². The van der Waals surface area contributed by atoms with Crippen molar-refractivity contribution in [1.29, 1.82) is 0 Å². The first kappa shape index (κ1) is 14.5. The predicted molar refractivity (Wildman–Crippen MR) is 71.8 cm³/mol. The van der Waals surface area contributed by atoms with Crippen molar-refractivity contribution in [2.75, 3.05) is 13.1 Å². The fourth-order valence-corrected chi connectivity index (χ4v) is 2.52. The van der Waals surface area contributed by atoms with E-state index in [4.69, 9.17) is 0 Å². The van der Waals surface area contributed by atoms with E-state index in [9.17, 15) is 4.79 Å². The van der Waals surface area contributed by atoms with Gasteiger partial charge in [-0.3, -0.25) is 4.79 Å². The fraction of sp³-hybridized carbons (Fsp3) is 0.929. The molecule has 3 atom stereocenters. The Morgan fingerprint density at radius 1 is 1.24 bits per heavy atom. The van der Waals surface area contributed by atoms with Crippen LogP contribution in [0.2, 0.25) is 0 Å². The zero-order valence-electron chi connectivity index (χ0n) is 11.8. The Hall–Kier alpha value is -0.570. The minimum absolute atomic E-state index is 0.0867. The summed E-state index contributed by atoms with van der Waals surface area (Å²) in [5.74, 6) is 1.82.